The lowest BCUT2D eigenvalue weighted by Crippen LogP contribution is -2.01. The van der Waals surface area contributed by atoms with Gasteiger partial charge in [0.05, 0.1) is 0 Å². The minimum atomic E-state index is 0.845. The number of rotatable bonds is 5. The van der Waals surface area contributed by atoms with Crippen LogP contribution in [0.3, 0.4) is 0 Å². The van der Waals surface area contributed by atoms with Crippen LogP contribution in [0.15, 0.2) is 15.4 Å². The molecular formula is C11H15N5S2. The topological polar surface area (TPSA) is 63.6 Å². The van der Waals surface area contributed by atoms with Crippen molar-refractivity contribution in [3.63, 3.8) is 0 Å². The van der Waals surface area contributed by atoms with E-state index < -0.39 is 0 Å². The number of hydrogen-bond acceptors (Lipinski definition) is 7. The second kappa shape index (κ2) is 6.10. The van der Waals surface area contributed by atoms with Crippen LogP contribution < -0.4 is 5.32 Å². The fourth-order valence-corrected chi connectivity index (χ4v) is 3.18. The van der Waals surface area contributed by atoms with E-state index in [1.807, 2.05) is 20.0 Å². The van der Waals surface area contributed by atoms with Crippen molar-refractivity contribution < 1.29 is 0 Å². The molecule has 0 aliphatic heterocycles. The fraction of sp³-hybridized carbons (Fsp3) is 0.455. The lowest BCUT2D eigenvalue weighted by atomic mass is 10.3. The Bertz CT molecular complexity index is 526. The summed E-state index contributed by atoms with van der Waals surface area (Å²) in [5, 5.41) is 13.0. The Morgan fingerprint density at radius 1 is 1.33 bits per heavy atom. The van der Waals surface area contributed by atoms with Gasteiger partial charge in [0.1, 0.15) is 21.7 Å². The Kier molecular flexibility index (Phi) is 4.48. The maximum absolute atomic E-state index is 4.53. The maximum atomic E-state index is 4.53. The average molecular weight is 281 g/mol. The van der Waals surface area contributed by atoms with E-state index >= 15 is 0 Å². The highest BCUT2D eigenvalue weighted by Crippen LogP contribution is 2.29. The molecule has 5 nitrogen and oxygen atoms in total. The Balaban J connectivity index is 2.23. The van der Waals surface area contributed by atoms with Gasteiger partial charge < -0.3 is 5.32 Å². The zero-order chi connectivity index (χ0) is 13.0. The first kappa shape index (κ1) is 13.2. The van der Waals surface area contributed by atoms with Gasteiger partial charge in [0.25, 0.3) is 0 Å². The summed E-state index contributed by atoms with van der Waals surface area (Å²) in [7, 11) is 1.86. The largest absolute Gasteiger partial charge is 0.373 e. The van der Waals surface area contributed by atoms with Gasteiger partial charge in [0, 0.05) is 19.5 Å². The summed E-state index contributed by atoms with van der Waals surface area (Å²) in [6.07, 6.45) is 1.92. The van der Waals surface area contributed by atoms with Gasteiger partial charge in [-0.2, -0.15) is 0 Å². The standard InChI is InChI=1S/C11H15N5S2/c1-4-5-8-13-9(12-3)6-10(14-8)18-11-16-15-7(2)17-11/h6H,4-5H2,1-3H3,(H,12,13,14). The fourth-order valence-electron chi connectivity index (χ4n) is 1.40. The van der Waals surface area contributed by atoms with E-state index in [1.165, 1.54) is 11.8 Å². The summed E-state index contributed by atoms with van der Waals surface area (Å²) < 4.78 is 0.913. The molecule has 0 spiro atoms. The zero-order valence-corrected chi connectivity index (χ0v) is 12.2. The molecule has 2 rings (SSSR count). The van der Waals surface area contributed by atoms with Gasteiger partial charge in [0.15, 0.2) is 4.34 Å². The second-order valence-electron chi connectivity index (χ2n) is 3.70. The van der Waals surface area contributed by atoms with E-state index in [-0.39, 0.29) is 0 Å². The van der Waals surface area contributed by atoms with Crippen LogP contribution in [0.5, 0.6) is 0 Å². The summed E-state index contributed by atoms with van der Waals surface area (Å²) in [5.41, 5.74) is 0. The van der Waals surface area contributed by atoms with Crippen molar-refractivity contribution in [1.29, 1.82) is 0 Å². The molecule has 0 bridgehead atoms. The van der Waals surface area contributed by atoms with Crippen molar-refractivity contribution in [2.45, 2.75) is 36.1 Å². The first-order valence-corrected chi connectivity index (χ1v) is 7.38. The first-order valence-electron chi connectivity index (χ1n) is 5.75. The average Bonchev–Trinajstić information content (AvgIpc) is 2.75. The molecule has 1 N–H and O–H groups in total. The molecule has 2 aromatic rings. The van der Waals surface area contributed by atoms with Crippen molar-refractivity contribution >= 4 is 28.9 Å². The van der Waals surface area contributed by atoms with E-state index in [2.05, 4.69) is 32.4 Å². The van der Waals surface area contributed by atoms with Crippen LogP contribution >= 0.6 is 23.1 Å². The number of hydrogen-bond donors (Lipinski definition) is 1. The van der Waals surface area contributed by atoms with Crippen LogP contribution in [0, 0.1) is 6.92 Å². The molecule has 0 saturated heterocycles. The zero-order valence-electron chi connectivity index (χ0n) is 10.6. The molecule has 0 aromatic carbocycles. The lowest BCUT2D eigenvalue weighted by Gasteiger charge is -2.05. The van der Waals surface area contributed by atoms with Crippen molar-refractivity contribution in [3.8, 4) is 0 Å². The van der Waals surface area contributed by atoms with Gasteiger partial charge in [-0.25, -0.2) is 9.97 Å². The van der Waals surface area contributed by atoms with Crippen LogP contribution in [-0.2, 0) is 6.42 Å². The summed E-state index contributed by atoms with van der Waals surface area (Å²) in [5.74, 6) is 1.71. The van der Waals surface area contributed by atoms with Gasteiger partial charge in [-0.15, -0.1) is 10.2 Å². The third-order valence-corrected chi connectivity index (χ3v) is 3.99. The lowest BCUT2D eigenvalue weighted by molar-refractivity contribution is 0.811. The quantitative estimate of drug-likeness (QED) is 0.850. The Hall–Kier alpha value is -1.21. The van der Waals surface area contributed by atoms with E-state index in [0.29, 0.717) is 0 Å². The monoisotopic (exact) mass is 281 g/mol. The summed E-state index contributed by atoms with van der Waals surface area (Å²) in [6.45, 7) is 4.07. The Morgan fingerprint density at radius 3 is 2.78 bits per heavy atom. The van der Waals surface area contributed by atoms with Crippen molar-refractivity contribution in [2.75, 3.05) is 12.4 Å². The molecule has 0 amide bonds. The van der Waals surface area contributed by atoms with Crippen molar-refractivity contribution in [3.05, 3.63) is 16.9 Å². The predicted octanol–water partition coefficient (Wildman–Crippen LogP) is 2.78. The molecule has 96 valence electrons. The highest BCUT2D eigenvalue weighted by molar-refractivity contribution is 8.01. The van der Waals surface area contributed by atoms with Gasteiger partial charge >= 0.3 is 0 Å². The van der Waals surface area contributed by atoms with Gasteiger partial charge in [-0.05, 0) is 25.1 Å². The molecule has 0 radical (unpaired) electrons. The van der Waals surface area contributed by atoms with Gasteiger partial charge in [-0.1, -0.05) is 18.3 Å². The van der Waals surface area contributed by atoms with Crippen LogP contribution in [0.1, 0.15) is 24.2 Å². The molecule has 0 unspecified atom stereocenters. The van der Waals surface area contributed by atoms with Gasteiger partial charge in [0.2, 0.25) is 0 Å². The van der Waals surface area contributed by atoms with Crippen LogP contribution in [-0.4, -0.2) is 27.2 Å². The normalized spacial score (nSPS) is 10.6. The molecular weight excluding hydrogens is 266 g/mol. The third-order valence-electron chi connectivity index (χ3n) is 2.18. The SMILES string of the molecule is CCCc1nc(NC)cc(Sc2nnc(C)s2)n1. The summed E-state index contributed by atoms with van der Waals surface area (Å²) >= 11 is 3.11. The van der Waals surface area contributed by atoms with E-state index in [0.717, 1.165) is 38.9 Å². The number of nitrogens with zero attached hydrogens (tertiary/aromatic N) is 4. The van der Waals surface area contributed by atoms with Crippen LogP contribution in [0.4, 0.5) is 5.82 Å². The number of anilines is 1. The maximum Gasteiger partial charge on any atom is 0.180 e. The molecule has 18 heavy (non-hydrogen) atoms. The number of aromatic nitrogens is 4. The van der Waals surface area contributed by atoms with E-state index in [1.54, 1.807) is 11.3 Å². The first-order chi connectivity index (χ1) is 8.71. The van der Waals surface area contributed by atoms with Gasteiger partial charge in [-0.3, -0.25) is 0 Å². The minimum absolute atomic E-state index is 0.845. The second-order valence-corrected chi connectivity index (χ2v) is 6.15. The highest BCUT2D eigenvalue weighted by Gasteiger charge is 2.08. The number of aryl methyl sites for hydroxylation is 2. The van der Waals surface area contributed by atoms with Crippen molar-refractivity contribution in [1.82, 2.24) is 20.2 Å². The van der Waals surface area contributed by atoms with E-state index in [4.69, 9.17) is 0 Å². The predicted molar refractivity (Wildman–Crippen MR) is 74.3 cm³/mol. The van der Waals surface area contributed by atoms with Crippen LogP contribution in [0.2, 0.25) is 0 Å². The molecule has 0 aliphatic rings. The smallest absolute Gasteiger partial charge is 0.180 e. The number of nitrogens with one attached hydrogen (secondary N) is 1. The third kappa shape index (κ3) is 3.39. The molecule has 0 fully saturated rings. The molecule has 2 heterocycles. The molecule has 0 aliphatic carbocycles. The van der Waals surface area contributed by atoms with Crippen LogP contribution in [0.25, 0.3) is 0 Å². The molecule has 7 heteroatoms. The summed E-state index contributed by atoms with van der Waals surface area (Å²) in [6, 6.07) is 1.93. The Labute approximate surface area is 114 Å². The Morgan fingerprint density at radius 2 is 2.17 bits per heavy atom. The van der Waals surface area contributed by atoms with E-state index in [9.17, 15) is 0 Å². The minimum Gasteiger partial charge on any atom is -0.373 e. The highest BCUT2D eigenvalue weighted by atomic mass is 32.2. The molecule has 2 aromatic heterocycles. The summed E-state index contributed by atoms with van der Waals surface area (Å²) in [4.78, 5) is 8.95. The molecule has 0 atom stereocenters. The van der Waals surface area contributed by atoms with Crippen molar-refractivity contribution in [2.24, 2.45) is 0 Å². The molecule has 0 saturated carbocycles.